The predicted molar refractivity (Wildman–Crippen MR) is 80.3 cm³/mol. The monoisotopic (exact) mass is 306 g/mol. The number of H-pyrrole nitrogens is 1. The van der Waals surface area contributed by atoms with E-state index in [1.54, 1.807) is 23.7 Å². The molecule has 1 aliphatic rings. The van der Waals surface area contributed by atoms with E-state index in [1.807, 2.05) is 6.92 Å². The number of nitrogens with one attached hydrogen (secondary N) is 2. The van der Waals surface area contributed by atoms with Crippen LogP contribution in [0.4, 0.5) is 5.13 Å². The Morgan fingerprint density at radius 3 is 3.29 bits per heavy atom. The van der Waals surface area contributed by atoms with E-state index >= 15 is 0 Å². The lowest BCUT2D eigenvalue weighted by atomic mass is 9.91. The Morgan fingerprint density at radius 2 is 2.52 bits per heavy atom. The summed E-state index contributed by atoms with van der Waals surface area (Å²) in [4.78, 5) is 25.0. The van der Waals surface area contributed by atoms with E-state index in [9.17, 15) is 4.79 Å². The van der Waals surface area contributed by atoms with Crippen LogP contribution in [-0.2, 0) is 22.5 Å². The normalized spacial score (nSPS) is 17.3. The van der Waals surface area contributed by atoms with E-state index in [0.29, 0.717) is 13.2 Å². The first-order valence-corrected chi connectivity index (χ1v) is 7.98. The Morgan fingerprint density at radius 1 is 1.62 bits per heavy atom. The smallest absolute Gasteiger partial charge is 0.315 e. The number of esters is 1. The number of rotatable bonds is 5. The third-order valence-electron chi connectivity index (χ3n) is 3.49. The highest BCUT2D eigenvalue weighted by atomic mass is 32.1. The summed E-state index contributed by atoms with van der Waals surface area (Å²) < 4.78 is 5.16. The van der Waals surface area contributed by atoms with E-state index in [-0.39, 0.29) is 11.9 Å². The maximum atomic E-state index is 12.0. The number of carbonyl (C=O) groups is 1. The fraction of sp³-hybridized carbons (Fsp3) is 0.500. The average Bonchev–Trinajstić information content (AvgIpc) is 3.13. The lowest BCUT2D eigenvalue weighted by Crippen LogP contribution is -2.20. The summed E-state index contributed by atoms with van der Waals surface area (Å²) in [5, 5.41) is 4.10. The summed E-state index contributed by atoms with van der Waals surface area (Å²) in [6.07, 6.45) is 6.34. The van der Waals surface area contributed by atoms with E-state index in [4.69, 9.17) is 4.74 Å². The van der Waals surface area contributed by atoms with Gasteiger partial charge in [0.15, 0.2) is 5.13 Å². The van der Waals surface area contributed by atoms with Crippen LogP contribution >= 0.6 is 11.3 Å². The third-order valence-corrected chi connectivity index (χ3v) is 4.58. The highest BCUT2D eigenvalue weighted by Gasteiger charge is 2.31. The molecule has 2 N–H and O–H groups in total. The topological polar surface area (TPSA) is 79.9 Å². The molecule has 0 saturated heterocycles. The number of aromatic amines is 1. The molecule has 2 aromatic heterocycles. The van der Waals surface area contributed by atoms with Crippen LogP contribution in [0.5, 0.6) is 0 Å². The van der Waals surface area contributed by atoms with Gasteiger partial charge in [-0.05, 0) is 26.2 Å². The number of carbonyl (C=O) groups excluding carboxylic acids is 1. The van der Waals surface area contributed by atoms with Crippen molar-refractivity contribution in [1.29, 1.82) is 0 Å². The SMILES string of the molecule is CCOC(=O)C1CCCc2sc(NCc3ncc[nH]3)nc21. The minimum atomic E-state index is -0.205. The summed E-state index contributed by atoms with van der Waals surface area (Å²) in [5.41, 5.74) is 0.895. The van der Waals surface area contributed by atoms with Crippen LogP contribution in [0.15, 0.2) is 12.4 Å². The Kier molecular flexibility index (Phi) is 4.19. The zero-order valence-corrected chi connectivity index (χ0v) is 12.7. The van der Waals surface area contributed by atoms with Crippen molar-refractivity contribution < 1.29 is 9.53 Å². The summed E-state index contributed by atoms with van der Waals surface area (Å²) in [6.45, 7) is 2.85. The van der Waals surface area contributed by atoms with E-state index in [2.05, 4.69) is 20.3 Å². The van der Waals surface area contributed by atoms with Gasteiger partial charge >= 0.3 is 5.97 Å². The van der Waals surface area contributed by atoms with E-state index < -0.39 is 0 Å². The van der Waals surface area contributed by atoms with Gasteiger partial charge in [0, 0.05) is 17.3 Å². The second kappa shape index (κ2) is 6.26. The number of imidazole rings is 1. The van der Waals surface area contributed by atoms with Gasteiger partial charge in [0.25, 0.3) is 0 Å². The number of nitrogens with zero attached hydrogens (tertiary/aromatic N) is 2. The van der Waals surface area contributed by atoms with Crippen molar-refractivity contribution in [2.24, 2.45) is 0 Å². The van der Waals surface area contributed by atoms with Crippen LogP contribution in [-0.4, -0.2) is 27.5 Å². The van der Waals surface area contributed by atoms with Gasteiger partial charge in [-0.25, -0.2) is 9.97 Å². The molecule has 1 aliphatic carbocycles. The molecule has 0 spiro atoms. The molecule has 6 nitrogen and oxygen atoms in total. The Bertz CT molecular complexity index is 609. The van der Waals surface area contributed by atoms with Crippen molar-refractivity contribution in [1.82, 2.24) is 15.0 Å². The second-order valence-corrected chi connectivity index (χ2v) is 6.00. The van der Waals surface area contributed by atoms with Gasteiger partial charge in [0.05, 0.1) is 18.8 Å². The van der Waals surface area contributed by atoms with Crippen LogP contribution < -0.4 is 5.32 Å². The van der Waals surface area contributed by atoms with Crippen molar-refractivity contribution in [3.8, 4) is 0 Å². The van der Waals surface area contributed by atoms with Crippen LogP contribution in [0.25, 0.3) is 0 Å². The van der Waals surface area contributed by atoms with Crippen molar-refractivity contribution in [3.63, 3.8) is 0 Å². The number of ether oxygens (including phenoxy) is 1. The van der Waals surface area contributed by atoms with Gasteiger partial charge in [-0.2, -0.15) is 0 Å². The van der Waals surface area contributed by atoms with Gasteiger partial charge in [-0.1, -0.05) is 0 Å². The molecule has 0 bridgehead atoms. The van der Waals surface area contributed by atoms with Crippen LogP contribution in [0.2, 0.25) is 0 Å². The van der Waals surface area contributed by atoms with Gasteiger partial charge < -0.3 is 15.0 Å². The van der Waals surface area contributed by atoms with Crippen molar-refractivity contribution in [2.45, 2.75) is 38.6 Å². The minimum Gasteiger partial charge on any atom is -0.465 e. The lowest BCUT2D eigenvalue weighted by molar-refractivity contribution is -0.145. The number of fused-ring (bicyclic) bond motifs is 1. The number of thiazole rings is 1. The molecule has 0 aliphatic heterocycles. The summed E-state index contributed by atoms with van der Waals surface area (Å²) in [6, 6.07) is 0. The van der Waals surface area contributed by atoms with Crippen molar-refractivity contribution in [3.05, 3.63) is 28.8 Å². The number of aromatic nitrogens is 3. The maximum Gasteiger partial charge on any atom is 0.315 e. The molecule has 0 radical (unpaired) electrons. The van der Waals surface area contributed by atoms with Crippen LogP contribution in [0, 0.1) is 0 Å². The third kappa shape index (κ3) is 3.07. The molecule has 2 aromatic rings. The first-order chi connectivity index (χ1) is 10.3. The predicted octanol–water partition coefficient (Wildman–Crippen LogP) is 2.46. The molecule has 0 aromatic carbocycles. The zero-order valence-electron chi connectivity index (χ0n) is 11.9. The van der Waals surface area contributed by atoms with Crippen molar-refractivity contribution >= 4 is 22.4 Å². The summed E-state index contributed by atoms with van der Waals surface area (Å²) in [5.74, 6) is 0.510. The van der Waals surface area contributed by atoms with E-state index in [0.717, 1.165) is 35.9 Å². The van der Waals surface area contributed by atoms with Gasteiger partial charge in [0.1, 0.15) is 11.7 Å². The number of hydrogen-bond acceptors (Lipinski definition) is 6. The molecule has 0 saturated carbocycles. The fourth-order valence-corrected chi connectivity index (χ4v) is 3.58. The van der Waals surface area contributed by atoms with Gasteiger partial charge in [-0.15, -0.1) is 11.3 Å². The highest BCUT2D eigenvalue weighted by Crippen LogP contribution is 2.37. The largest absolute Gasteiger partial charge is 0.465 e. The summed E-state index contributed by atoms with van der Waals surface area (Å²) in [7, 11) is 0. The van der Waals surface area contributed by atoms with Crippen LogP contribution in [0.1, 0.15) is 42.1 Å². The Labute approximate surface area is 127 Å². The first-order valence-electron chi connectivity index (χ1n) is 7.16. The molecule has 1 unspecified atom stereocenters. The molecule has 21 heavy (non-hydrogen) atoms. The number of hydrogen-bond donors (Lipinski definition) is 2. The Balaban J connectivity index is 1.73. The van der Waals surface area contributed by atoms with Crippen LogP contribution in [0.3, 0.4) is 0 Å². The number of aryl methyl sites for hydroxylation is 1. The Hall–Kier alpha value is -1.89. The highest BCUT2D eigenvalue weighted by molar-refractivity contribution is 7.15. The summed E-state index contributed by atoms with van der Waals surface area (Å²) >= 11 is 1.62. The van der Waals surface area contributed by atoms with Gasteiger partial charge in [0.2, 0.25) is 0 Å². The van der Waals surface area contributed by atoms with E-state index in [1.165, 1.54) is 4.88 Å². The molecule has 112 valence electrons. The molecule has 3 rings (SSSR count). The molecule has 0 fully saturated rings. The standard InChI is InChI=1S/C14H18N4O2S/c1-2-20-13(19)9-4-3-5-10-12(9)18-14(21-10)17-8-11-15-6-7-16-11/h6-7,9H,2-5,8H2,1H3,(H,15,16)(H,17,18). The average molecular weight is 306 g/mol. The quantitative estimate of drug-likeness (QED) is 0.830. The zero-order chi connectivity index (χ0) is 14.7. The number of anilines is 1. The van der Waals surface area contributed by atoms with Gasteiger partial charge in [-0.3, -0.25) is 4.79 Å². The molecule has 7 heteroatoms. The lowest BCUT2D eigenvalue weighted by Gasteiger charge is -2.19. The molecular weight excluding hydrogens is 288 g/mol. The molecule has 2 heterocycles. The maximum absolute atomic E-state index is 12.0. The minimum absolute atomic E-state index is 0.152. The first kappa shape index (κ1) is 14.1. The fourth-order valence-electron chi connectivity index (χ4n) is 2.52. The molecular formula is C14H18N4O2S. The molecule has 0 amide bonds. The molecule has 1 atom stereocenters. The van der Waals surface area contributed by atoms with Crippen molar-refractivity contribution in [2.75, 3.05) is 11.9 Å². The second-order valence-electron chi connectivity index (χ2n) is 4.91.